The van der Waals surface area contributed by atoms with Crippen molar-refractivity contribution in [2.45, 2.75) is 39.2 Å². The minimum Gasteiger partial charge on any atom is -0.481 e. The van der Waals surface area contributed by atoms with E-state index in [1.54, 1.807) is 20.1 Å². The lowest BCUT2D eigenvalue weighted by molar-refractivity contribution is 0.0456. The molecule has 0 aliphatic heterocycles. The second-order valence-electron chi connectivity index (χ2n) is 4.13. The van der Waals surface area contributed by atoms with Crippen molar-refractivity contribution < 1.29 is 9.84 Å². The van der Waals surface area contributed by atoms with Gasteiger partial charge < -0.3 is 15.2 Å². The molecular weight excluding hydrogens is 218 g/mol. The minimum absolute atomic E-state index is 0.472. The highest BCUT2D eigenvalue weighted by atomic mass is 16.5. The molecule has 0 radical (unpaired) electrons. The van der Waals surface area contributed by atoms with Gasteiger partial charge in [0.2, 0.25) is 5.88 Å². The van der Waals surface area contributed by atoms with E-state index in [2.05, 4.69) is 15.3 Å². The molecule has 0 unspecified atom stereocenters. The Labute approximate surface area is 102 Å². The van der Waals surface area contributed by atoms with E-state index in [9.17, 15) is 5.11 Å². The van der Waals surface area contributed by atoms with Crippen LogP contribution in [0.15, 0.2) is 6.07 Å². The van der Waals surface area contributed by atoms with Gasteiger partial charge in [-0.25, -0.2) is 4.98 Å². The van der Waals surface area contributed by atoms with Crippen molar-refractivity contribution in [3.8, 4) is 5.88 Å². The van der Waals surface area contributed by atoms with Gasteiger partial charge in [0.05, 0.1) is 12.7 Å². The first-order valence-electron chi connectivity index (χ1n) is 5.89. The van der Waals surface area contributed by atoms with E-state index in [4.69, 9.17) is 4.74 Å². The van der Waals surface area contributed by atoms with E-state index in [1.165, 1.54) is 0 Å². The topological polar surface area (TPSA) is 67.3 Å². The van der Waals surface area contributed by atoms with Gasteiger partial charge >= 0.3 is 0 Å². The highest BCUT2D eigenvalue weighted by Crippen LogP contribution is 2.17. The van der Waals surface area contributed by atoms with Crippen LogP contribution in [0.3, 0.4) is 0 Å². The number of anilines is 1. The second-order valence-corrected chi connectivity index (χ2v) is 4.13. The SMILES string of the molecule is CCC(O)(CC)CNc1cc(OC)nc(C)n1. The summed E-state index contributed by atoms with van der Waals surface area (Å²) in [5.74, 6) is 1.84. The van der Waals surface area contributed by atoms with Crippen LogP contribution in [-0.2, 0) is 0 Å². The smallest absolute Gasteiger partial charge is 0.218 e. The maximum absolute atomic E-state index is 10.1. The number of hydrogen-bond donors (Lipinski definition) is 2. The zero-order chi connectivity index (χ0) is 12.9. The van der Waals surface area contributed by atoms with Gasteiger partial charge in [-0.15, -0.1) is 0 Å². The molecule has 0 aliphatic rings. The van der Waals surface area contributed by atoms with E-state index in [0.717, 1.165) is 0 Å². The molecule has 0 spiro atoms. The lowest BCUT2D eigenvalue weighted by Crippen LogP contribution is -2.35. The van der Waals surface area contributed by atoms with Crippen LogP contribution in [0.4, 0.5) is 5.82 Å². The molecule has 1 rings (SSSR count). The fraction of sp³-hybridized carbons (Fsp3) is 0.667. The molecule has 1 aromatic heterocycles. The number of aromatic nitrogens is 2. The molecule has 0 saturated heterocycles. The van der Waals surface area contributed by atoms with Crippen molar-refractivity contribution in [3.05, 3.63) is 11.9 Å². The Balaban J connectivity index is 2.72. The van der Waals surface area contributed by atoms with Crippen LogP contribution >= 0.6 is 0 Å². The first-order chi connectivity index (χ1) is 8.03. The van der Waals surface area contributed by atoms with Gasteiger partial charge in [-0.2, -0.15) is 4.98 Å². The number of ether oxygens (including phenoxy) is 1. The summed E-state index contributed by atoms with van der Waals surface area (Å²) in [4.78, 5) is 8.34. The van der Waals surface area contributed by atoms with Crippen LogP contribution < -0.4 is 10.1 Å². The summed E-state index contributed by atoms with van der Waals surface area (Å²) >= 11 is 0. The van der Waals surface area contributed by atoms with Crippen molar-refractivity contribution in [2.75, 3.05) is 19.0 Å². The summed E-state index contributed by atoms with van der Waals surface area (Å²) in [6, 6.07) is 1.72. The zero-order valence-electron chi connectivity index (χ0n) is 10.9. The van der Waals surface area contributed by atoms with Gasteiger partial charge in [0.15, 0.2) is 0 Å². The molecule has 0 aliphatic carbocycles. The zero-order valence-corrected chi connectivity index (χ0v) is 10.9. The lowest BCUT2D eigenvalue weighted by Gasteiger charge is -2.25. The van der Waals surface area contributed by atoms with Crippen LogP contribution in [0.25, 0.3) is 0 Å². The Hall–Kier alpha value is -1.36. The summed E-state index contributed by atoms with van der Waals surface area (Å²) in [5, 5.41) is 13.3. The molecule has 0 aromatic carbocycles. The summed E-state index contributed by atoms with van der Waals surface area (Å²) in [7, 11) is 1.57. The molecule has 0 bridgehead atoms. The molecule has 1 heterocycles. The predicted octanol–water partition coefficient (Wildman–Crippen LogP) is 1.76. The predicted molar refractivity (Wildman–Crippen MR) is 67.3 cm³/mol. The summed E-state index contributed by atoms with van der Waals surface area (Å²) < 4.78 is 5.07. The minimum atomic E-state index is -0.688. The Morgan fingerprint density at radius 2 is 2.00 bits per heavy atom. The van der Waals surface area contributed by atoms with E-state index in [1.807, 2.05) is 13.8 Å². The molecule has 0 saturated carbocycles. The van der Waals surface area contributed by atoms with Gasteiger partial charge in [-0.3, -0.25) is 0 Å². The fourth-order valence-electron chi connectivity index (χ4n) is 1.49. The third-order valence-corrected chi connectivity index (χ3v) is 2.94. The van der Waals surface area contributed by atoms with Crippen molar-refractivity contribution >= 4 is 5.82 Å². The molecule has 0 atom stereocenters. The molecule has 0 amide bonds. The lowest BCUT2D eigenvalue weighted by atomic mass is 9.98. The third-order valence-electron chi connectivity index (χ3n) is 2.94. The number of aryl methyl sites for hydroxylation is 1. The van der Waals surface area contributed by atoms with Gasteiger partial charge in [0.1, 0.15) is 11.6 Å². The maximum atomic E-state index is 10.1. The Kier molecular flexibility index (Phi) is 4.69. The number of methoxy groups -OCH3 is 1. The van der Waals surface area contributed by atoms with Crippen LogP contribution in [0.1, 0.15) is 32.5 Å². The van der Waals surface area contributed by atoms with E-state index in [-0.39, 0.29) is 0 Å². The van der Waals surface area contributed by atoms with Crippen molar-refractivity contribution in [3.63, 3.8) is 0 Å². The third kappa shape index (κ3) is 3.85. The fourth-order valence-corrected chi connectivity index (χ4v) is 1.49. The average molecular weight is 239 g/mol. The number of rotatable bonds is 6. The highest BCUT2D eigenvalue weighted by molar-refractivity contribution is 5.38. The highest BCUT2D eigenvalue weighted by Gasteiger charge is 2.21. The number of hydrogen-bond acceptors (Lipinski definition) is 5. The molecule has 2 N–H and O–H groups in total. The number of aliphatic hydroxyl groups is 1. The Morgan fingerprint density at radius 1 is 1.35 bits per heavy atom. The Bertz CT molecular complexity index is 365. The number of nitrogens with zero attached hydrogens (tertiary/aromatic N) is 2. The van der Waals surface area contributed by atoms with Gasteiger partial charge in [-0.1, -0.05) is 13.8 Å². The van der Waals surface area contributed by atoms with Gasteiger partial charge in [0, 0.05) is 12.6 Å². The molecule has 5 heteroatoms. The Morgan fingerprint density at radius 3 is 2.53 bits per heavy atom. The van der Waals surface area contributed by atoms with E-state index in [0.29, 0.717) is 36.9 Å². The second kappa shape index (κ2) is 5.82. The van der Waals surface area contributed by atoms with Gasteiger partial charge in [0.25, 0.3) is 0 Å². The van der Waals surface area contributed by atoms with Crippen LogP contribution in [-0.4, -0.2) is 34.3 Å². The number of nitrogens with one attached hydrogen (secondary N) is 1. The first kappa shape index (κ1) is 13.7. The first-order valence-corrected chi connectivity index (χ1v) is 5.89. The van der Waals surface area contributed by atoms with Crippen LogP contribution in [0.5, 0.6) is 5.88 Å². The van der Waals surface area contributed by atoms with Crippen LogP contribution in [0, 0.1) is 6.92 Å². The molecular formula is C12H21N3O2. The largest absolute Gasteiger partial charge is 0.481 e. The van der Waals surface area contributed by atoms with Crippen LogP contribution in [0.2, 0.25) is 0 Å². The van der Waals surface area contributed by atoms with Crippen molar-refractivity contribution in [1.29, 1.82) is 0 Å². The quantitative estimate of drug-likeness (QED) is 0.791. The van der Waals surface area contributed by atoms with Crippen molar-refractivity contribution in [1.82, 2.24) is 9.97 Å². The molecule has 5 nitrogen and oxygen atoms in total. The van der Waals surface area contributed by atoms with E-state index < -0.39 is 5.60 Å². The summed E-state index contributed by atoms with van der Waals surface area (Å²) in [6.45, 7) is 6.22. The normalized spacial score (nSPS) is 11.4. The molecule has 17 heavy (non-hydrogen) atoms. The van der Waals surface area contributed by atoms with E-state index >= 15 is 0 Å². The summed E-state index contributed by atoms with van der Waals surface area (Å²) in [6.07, 6.45) is 1.41. The molecule has 1 aromatic rings. The van der Waals surface area contributed by atoms with Crippen molar-refractivity contribution in [2.24, 2.45) is 0 Å². The molecule has 0 fully saturated rings. The monoisotopic (exact) mass is 239 g/mol. The maximum Gasteiger partial charge on any atom is 0.218 e. The van der Waals surface area contributed by atoms with Gasteiger partial charge in [-0.05, 0) is 19.8 Å². The standard InChI is InChI=1S/C12H21N3O2/c1-5-12(16,6-2)8-13-10-7-11(17-4)15-9(3)14-10/h7,16H,5-6,8H2,1-4H3,(H,13,14,15). The average Bonchev–Trinajstić information content (AvgIpc) is 2.35. The summed E-state index contributed by atoms with van der Waals surface area (Å²) in [5.41, 5.74) is -0.688. The molecule has 96 valence electrons.